The van der Waals surface area contributed by atoms with E-state index in [1.54, 1.807) is 11.3 Å². The SMILES string of the molecule is CCCc1[o+]c2ccccc2s1. The number of hydrogen-bond acceptors (Lipinski definition) is 1. The monoisotopic (exact) mass is 179 g/mol. The summed E-state index contributed by atoms with van der Waals surface area (Å²) in [7, 11) is 0. The Balaban J connectivity index is 2.47. The highest BCUT2D eigenvalue weighted by atomic mass is 32.1. The lowest BCUT2D eigenvalue weighted by molar-refractivity contribution is 0.557. The number of benzene rings is 1. The predicted molar refractivity (Wildman–Crippen MR) is 52.5 cm³/mol. The third-order valence-corrected chi connectivity index (χ3v) is 2.82. The van der Waals surface area contributed by atoms with E-state index in [1.807, 2.05) is 18.2 Å². The van der Waals surface area contributed by atoms with Gasteiger partial charge in [0, 0.05) is 6.07 Å². The summed E-state index contributed by atoms with van der Waals surface area (Å²) in [4.78, 5) is 0. The van der Waals surface area contributed by atoms with Crippen molar-refractivity contribution in [1.29, 1.82) is 0 Å². The molecule has 2 rings (SSSR count). The van der Waals surface area contributed by atoms with E-state index < -0.39 is 0 Å². The van der Waals surface area contributed by atoms with Crippen LogP contribution in [0.4, 0.5) is 0 Å². The first kappa shape index (κ1) is 7.74. The fraction of sp³-hybridized carbons (Fsp3) is 0.300. The molecule has 1 heterocycles. The van der Waals surface area contributed by atoms with Crippen molar-refractivity contribution in [2.75, 3.05) is 0 Å². The van der Waals surface area contributed by atoms with Gasteiger partial charge in [-0.25, -0.2) is 0 Å². The lowest BCUT2D eigenvalue weighted by Crippen LogP contribution is -1.71. The molecule has 2 heteroatoms. The minimum atomic E-state index is 1.02. The first-order valence-electron chi connectivity index (χ1n) is 4.20. The first-order chi connectivity index (χ1) is 5.90. The summed E-state index contributed by atoms with van der Waals surface area (Å²) in [6.45, 7) is 2.17. The van der Waals surface area contributed by atoms with E-state index in [-0.39, 0.29) is 0 Å². The Morgan fingerprint density at radius 2 is 2.17 bits per heavy atom. The predicted octanol–water partition coefficient (Wildman–Crippen LogP) is 3.73. The van der Waals surface area contributed by atoms with Crippen LogP contribution < -0.4 is 0 Å². The maximum atomic E-state index is 5.63. The van der Waals surface area contributed by atoms with Crippen LogP contribution in [0.25, 0.3) is 10.3 Å². The molecular weight excluding hydrogens is 168 g/mol. The maximum absolute atomic E-state index is 5.63. The summed E-state index contributed by atoms with van der Waals surface area (Å²) >= 11 is 1.76. The van der Waals surface area contributed by atoms with E-state index >= 15 is 0 Å². The molecule has 0 amide bonds. The zero-order valence-corrected chi connectivity index (χ0v) is 7.86. The van der Waals surface area contributed by atoms with Gasteiger partial charge in [-0.1, -0.05) is 19.1 Å². The Morgan fingerprint density at radius 1 is 1.33 bits per heavy atom. The molecule has 1 aromatic carbocycles. The molecule has 1 nitrogen and oxygen atoms in total. The van der Waals surface area contributed by atoms with Crippen molar-refractivity contribution in [2.45, 2.75) is 19.8 Å². The molecule has 62 valence electrons. The smallest absolute Gasteiger partial charge is 0.200 e. The first-order valence-corrected chi connectivity index (χ1v) is 5.02. The summed E-state index contributed by atoms with van der Waals surface area (Å²) in [6.07, 6.45) is 2.20. The van der Waals surface area contributed by atoms with Crippen molar-refractivity contribution >= 4 is 21.6 Å². The van der Waals surface area contributed by atoms with Crippen molar-refractivity contribution in [2.24, 2.45) is 0 Å². The van der Waals surface area contributed by atoms with Crippen LogP contribution in [-0.4, -0.2) is 0 Å². The number of para-hydroxylation sites is 1. The third-order valence-electron chi connectivity index (χ3n) is 1.75. The van der Waals surface area contributed by atoms with Gasteiger partial charge in [0.15, 0.2) is 0 Å². The van der Waals surface area contributed by atoms with E-state index in [4.69, 9.17) is 4.42 Å². The van der Waals surface area contributed by atoms with Crippen molar-refractivity contribution in [1.82, 2.24) is 0 Å². The van der Waals surface area contributed by atoms with E-state index in [0.717, 1.165) is 23.5 Å². The van der Waals surface area contributed by atoms with Crippen LogP contribution in [0.1, 0.15) is 18.4 Å². The van der Waals surface area contributed by atoms with Crippen LogP contribution in [0.3, 0.4) is 0 Å². The van der Waals surface area contributed by atoms with Gasteiger partial charge in [-0.05, 0) is 23.8 Å². The number of fused-ring (bicyclic) bond motifs is 1. The Bertz CT molecular complexity index is 345. The van der Waals surface area contributed by atoms with Crippen LogP contribution in [0.5, 0.6) is 0 Å². The van der Waals surface area contributed by atoms with Crippen LogP contribution >= 0.6 is 11.3 Å². The van der Waals surface area contributed by atoms with Crippen molar-refractivity contribution in [3.63, 3.8) is 0 Å². The van der Waals surface area contributed by atoms with Gasteiger partial charge in [0.05, 0.1) is 6.42 Å². The Labute approximate surface area is 75.7 Å². The van der Waals surface area contributed by atoms with Crippen LogP contribution in [0.15, 0.2) is 28.7 Å². The molecule has 12 heavy (non-hydrogen) atoms. The van der Waals surface area contributed by atoms with Crippen LogP contribution in [-0.2, 0) is 6.42 Å². The lowest BCUT2D eigenvalue weighted by atomic mass is 10.3. The average molecular weight is 179 g/mol. The second kappa shape index (κ2) is 3.23. The number of rotatable bonds is 2. The van der Waals surface area contributed by atoms with Gasteiger partial charge in [-0.2, -0.15) is 4.42 Å². The highest BCUT2D eigenvalue weighted by molar-refractivity contribution is 7.18. The minimum Gasteiger partial charge on any atom is -0.200 e. The van der Waals surface area contributed by atoms with E-state index in [2.05, 4.69) is 13.0 Å². The summed E-state index contributed by atoms with van der Waals surface area (Å²) < 4.78 is 6.88. The molecule has 0 spiro atoms. The molecule has 0 aliphatic heterocycles. The van der Waals surface area contributed by atoms with Crippen molar-refractivity contribution in [3.8, 4) is 0 Å². The topological polar surface area (TPSA) is 11.3 Å². The zero-order chi connectivity index (χ0) is 8.39. The highest BCUT2D eigenvalue weighted by Gasteiger charge is 2.14. The molecule has 0 saturated carbocycles. The van der Waals surface area contributed by atoms with E-state index in [9.17, 15) is 0 Å². The molecule has 0 aliphatic carbocycles. The summed E-state index contributed by atoms with van der Waals surface area (Å²) in [5, 5.41) is 1.14. The fourth-order valence-electron chi connectivity index (χ4n) is 1.19. The second-order valence-corrected chi connectivity index (χ2v) is 3.87. The molecule has 0 bridgehead atoms. The van der Waals surface area contributed by atoms with Gasteiger partial charge < -0.3 is 0 Å². The highest BCUT2D eigenvalue weighted by Crippen LogP contribution is 2.25. The minimum absolute atomic E-state index is 1.02. The molecule has 0 fully saturated rings. The van der Waals surface area contributed by atoms with Gasteiger partial charge in [0.2, 0.25) is 0 Å². The molecule has 0 unspecified atom stereocenters. The van der Waals surface area contributed by atoms with Gasteiger partial charge in [-0.3, -0.25) is 0 Å². The molecule has 0 atom stereocenters. The summed E-state index contributed by atoms with van der Waals surface area (Å²) in [6, 6.07) is 8.17. The standard InChI is InChI=1S/C10H11OS/c1-2-5-10-11-8-6-3-4-7-9(8)12-10/h3-4,6-7H,2,5H2,1H3/q+1. The summed E-state index contributed by atoms with van der Waals surface area (Å²) in [5.74, 6) is 0. The van der Waals surface area contributed by atoms with Gasteiger partial charge in [-0.15, -0.1) is 0 Å². The van der Waals surface area contributed by atoms with Gasteiger partial charge >= 0.3 is 10.7 Å². The molecule has 0 radical (unpaired) electrons. The number of aryl methyl sites for hydroxylation is 1. The lowest BCUT2D eigenvalue weighted by Gasteiger charge is -1.73. The van der Waals surface area contributed by atoms with Gasteiger partial charge in [0.25, 0.3) is 0 Å². The molecule has 0 saturated heterocycles. The average Bonchev–Trinajstić information content (AvgIpc) is 2.47. The van der Waals surface area contributed by atoms with Crippen molar-refractivity contribution in [3.05, 3.63) is 29.3 Å². The third kappa shape index (κ3) is 1.34. The molecule has 1 aromatic heterocycles. The second-order valence-electron chi connectivity index (χ2n) is 2.77. The maximum Gasteiger partial charge on any atom is 0.386 e. The Kier molecular flexibility index (Phi) is 2.09. The fourth-order valence-corrected chi connectivity index (χ4v) is 2.23. The van der Waals surface area contributed by atoms with E-state index in [1.165, 1.54) is 4.70 Å². The summed E-state index contributed by atoms with van der Waals surface area (Å²) in [5.41, 5.74) is 1.02. The van der Waals surface area contributed by atoms with Crippen LogP contribution in [0.2, 0.25) is 0 Å². The number of hydrogen-bond donors (Lipinski definition) is 0. The normalized spacial score (nSPS) is 10.8. The Morgan fingerprint density at radius 3 is 2.92 bits per heavy atom. The van der Waals surface area contributed by atoms with Crippen molar-refractivity contribution < 1.29 is 4.42 Å². The molecule has 0 N–H and O–H groups in total. The molecule has 0 aliphatic rings. The Hall–Kier alpha value is -0.890. The zero-order valence-electron chi connectivity index (χ0n) is 7.04. The van der Waals surface area contributed by atoms with Crippen LogP contribution in [0, 0.1) is 0 Å². The molecular formula is C10H11OS+. The quantitative estimate of drug-likeness (QED) is 0.639. The van der Waals surface area contributed by atoms with E-state index in [0.29, 0.717) is 0 Å². The molecule has 2 aromatic rings. The van der Waals surface area contributed by atoms with Gasteiger partial charge in [0.1, 0.15) is 4.70 Å². The largest absolute Gasteiger partial charge is 0.386 e.